The summed E-state index contributed by atoms with van der Waals surface area (Å²) in [5, 5.41) is 0. The molecule has 0 amide bonds. The average molecular weight is 254 g/mol. The van der Waals surface area contributed by atoms with Crippen LogP contribution in [-0.2, 0) is 9.47 Å². The lowest BCUT2D eigenvalue weighted by molar-refractivity contribution is -0.00461. The average Bonchev–Trinajstić information content (AvgIpc) is 2.97. The molecule has 1 aliphatic rings. The Balaban J connectivity index is 2.10. The number of nitrogens with two attached hydrogens (primary N) is 1. The molecule has 2 heterocycles. The van der Waals surface area contributed by atoms with Gasteiger partial charge in [0.25, 0.3) is 0 Å². The number of hydrogen-bond donors (Lipinski definition) is 1. The zero-order chi connectivity index (χ0) is 13.1. The molecule has 0 bridgehead atoms. The molecule has 1 fully saturated rings. The molecular weight excluding hydrogens is 232 g/mol. The van der Waals surface area contributed by atoms with Crippen LogP contribution in [0.4, 0.5) is 0 Å². The Morgan fingerprint density at radius 2 is 1.94 bits per heavy atom. The van der Waals surface area contributed by atoms with Gasteiger partial charge in [-0.15, -0.1) is 0 Å². The number of likely N-dealkylation sites (tertiary alicyclic amines) is 1. The zero-order valence-electron chi connectivity index (χ0n) is 11.3. The molecule has 18 heavy (non-hydrogen) atoms. The molecule has 1 saturated heterocycles. The number of ether oxygens (including phenoxy) is 2. The fourth-order valence-electron chi connectivity index (χ4n) is 2.56. The molecule has 1 aliphatic heterocycles. The first-order valence-corrected chi connectivity index (χ1v) is 6.25. The summed E-state index contributed by atoms with van der Waals surface area (Å²) in [4.78, 5) is 2.26. The molecular formula is C13H22N2O3. The molecule has 1 aromatic heterocycles. The van der Waals surface area contributed by atoms with Gasteiger partial charge in [0.2, 0.25) is 0 Å². The van der Waals surface area contributed by atoms with Crippen molar-refractivity contribution < 1.29 is 13.9 Å². The minimum Gasteiger partial charge on any atom is -0.465 e. The Kier molecular flexibility index (Phi) is 4.40. The Morgan fingerprint density at radius 1 is 1.33 bits per heavy atom. The summed E-state index contributed by atoms with van der Waals surface area (Å²) in [5.74, 6) is 1.83. The highest BCUT2D eigenvalue weighted by Gasteiger charge is 2.37. The van der Waals surface area contributed by atoms with Crippen LogP contribution < -0.4 is 5.73 Å². The Hall–Kier alpha value is -0.880. The maximum atomic E-state index is 5.88. The lowest BCUT2D eigenvalue weighted by atomic mass is 10.2. The van der Waals surface area contributed by atoms with E-state index in [1.54, 1.807) is 14.2 Å². The maximum absolute atomic E-state index is 5.88. The van der Waals surface area contributed by atoms with E-state index in [0.29, 0.717) is 6.54 Å². The maximum Gasteiger partial charge on any atom is 0.122 e. The van der Waals surface area contributed by atoms with E-state index in [4.69, 9.17) is 19.6 Å². The van der Waals surface area contributed by atoms with Crippen LogP contribution in [0.2, 0.25) is 0 Å². The molecule has 5 nitrogen and oxygen atoms in total. The quantitative estimate of drug-likeness (QED) is 0.847. The second kappa shape index (κ2) is 5.84. The number of rotatable bonds is 5. The SMILES string of the molecule is COC1CN(C(CN)c2ccc(C)o2)CC1OC. The van der Waals surface area contributed by atoms with Gasteiger partial charge in [-0.25, -0.2) is 0 Å². The summed E-state index contributed by atoms with van der Waals surface area (Å²) < 4.78 is 16.6. The van der Waals surface area contributed by atoms with Crippen molar-refractivity contribution in [3.63, 3.8) is 0 Å². The molecule has 2 rings (SSSR count). The van der Waals surface area contributed by atoms with Gasteiger partial charge in [-0.3, -0.25) is 4.90 Å². The molecule has 5 heteroatoms. The smallest absolute Gasteiger partial charge is 0.122 e. The lowest BCUT2D eigenvalue weighted by Gasteiger charge is -2.24. The zero-order valence-corrected chi connectivity index (χ0v) is 11.3. The van der Waals surface area contributed by atoms with Gasteiger partial charge >= 0.3 is 0 Å². The first kappa shape index (κ1) is 13.5. The number of nitrogens with zero attached hydrogens (tertiary/aromatic N) is 1. The molecule has 3 unspecified atom stereocenters. The van der Waals surface area contributed by atoms with E-state index in [1.807, 2.05) is 19.1 Å². The number of aryl methyl sites for hydroxylation is 1. The van der Waals surface area contributed by atoms with Gasteiger partial charge < -0.3 is 19.6 Å². The molecule has 102 valence electrons. The van der Waals surface area contributed by atoms with E-state index in [-0.39, 0.29) is 18.2 Å². The molecule has 0 aromatic carbocycles. The van der Waals surface area contributed by atoms with Gasteiger partial charge in [0, 0.05) is 33.9 Å². The topological polar surface area (TPSA) is 60.9 Å². The summed E-state index contributed by atoms with van der Waals surface area (Å²) in [6, 6.07) is 4.06. The van der Waals surface area contributed by atoms with Crippen LogP contribution in [0.3, 0.4) is 0 Å². The molecule has 1 aromatic rings. The van der Waals surface area contributed by atoms with Crippen molar-refractivity contribution in [3.05, 3.63) is 23.7 Å². The summed E-state index contributed by atoms with van der Waals surface area (Å²) in [6.45, 7) is 4.10. The Bertz CT molecular complexity index is 368. The van der Waals surface area contributed by atoms with Crippen molar-refractivity contribution in [1.82, 2.24) is 4.90 Å². The first-order valence-electron chi connectivity index (χ1n) is 6.25. The van der Waals surface area contributed by atoms with Crippen molar-refractivity contribution in [2.24, 2.45) is 5.73 Å². The minimum absolute atomic E-state index is 0.0940. The van der Waals surface area contributed by atoms with Crippen molar-refractivity contribution in [2.45, 2.75) is 25.2 Å². The van der Waals surface area contributed by atoms with Crippen LogP contribution in [-0.4, -0.2) is 51.0 Å². The second-order valence-electron chi connectivity index (χ2n) is 4.70. The van der Waals surface area contributed by atoms with E-state index < -0.39 is 0 Å². The normalized spacial score (nSPS) is 26.7. The van der Waals surface area contributed by atoms with Crippen LogP contribution in [0, 0.1) is 6.92 Å². The minimum atomic E-state index is 0.0940. The van der Waals surface area contributed by atoms with E-state index in [1.165, 1.54) is 0 Å². The van der Waals surface area contributed by atoms with Crippen LogP contribution in [0.25, 0.3) is 0 Å². The van der Waals surface area contributed by atoms with E-state index >= 15 is 0 Å². The third-order valence-electron chi connectivity index (χ3n) is 3.60. The molecule has 0 radical (unpaired) electrons. The highest BCUT2D eigenvalue weighted by molar-refractivity contribution is 5.11. The molecule has 0 spiro atoms. The second-order valence-corrected chi connectivity index (χ2v) is 4.70. The fraction of sp³-hybridized carbons (Fsp3) is 0.692. The van der Waals surface area contributed by atoms with Gasteiger partial charge in [-0.2, -0.15) is 0 Å². The van der Waals surface area contributed by atoms with Gasteiger partial charge in [-0.05, 0) is 19.1 Å². The molecule has 0 saturated carbocycles. The summed E-state index contributed by atoms with van der Waals surface area (Å²) in [6.07, 6.45) is 0.195. The van der Waals surface area contributed by atoms with Gasteiger partial charge in [0.1, 0.15) is 11.5 Å². The first-order chi connectivity index (χ1) is 8.69. The summed E-state index contributed by atoms with van der Waals surface area (Å²) in [5.41, 5.74) is 5.88. The largest absolute Gasteiger partial charge is 0.465 e. The van der Waals surface area contributed by atoms with E-state index in [0.717, 1.165) is 24.6 Å². The highest BCUT2D eigenvalue weighted by atomic mass is 16.5. The summed E-state index contributed by atoms with van der Waals surface area (Å²) in [7, 11) is 3.43. The Morgan fingerprint density at radius 3 is 2.33 bits per heavy atom. The van der Waals surface area contributed by atoms with Gasteiger partial charge in [-0.1, -0.05) is 0 Å². The van der Waals surface area contributed by atoms with Gasteiger partial charge in [0.05, 0.1) is 18.2 Å². The molecule has 0 aliphatic carbocycles. The van der Waals surface area contributed by atoms with Crippen molar-refractivity contribution in [1.29, 1.82) is 0 Å². The van der Waals surface area contributed by atoms with Crippen molar-refractivity contribution >= 4 is 0 Å². The third kappa shape index (κ3) is 2.59. The van der Waals surface area contributed by atoms with Crippen LogP contribution >= 0.6 is 0 Å². The lowest BCUT2D eigenvalue weighted by Crippen LogP contribution is -2.32. The van der Waals surface area contributed by atoms with E-state index in [2.05, 4.69) is 4.90 Å². The van der Waals surface area contributed by atoms with Crippen molar-refractivity contribution in [3.8, 4) is 0 Å². The third-order valence-corrected chi connectivity index (χ3v) is 3.60. The van der Waals surface area contributed by atoms with E-state index in [9.17, 15) is 0 Å². The molecule has 3 atom stereocenters. The van der Waals surface area contributed by atoms with Gasteiger partial charge in [0.15, 0.2) is 0 Å². The monoisotopic (exact) mass is 254 g/mol. The predicted molar refractivity (Wildman–Crippen MR) is 68.4 cm³/mol. The van der Waals surface area contributed by atoms with Crippen LogP contribution in [0.1, 0.15) is 17.6 Å². The standard InChI is InChI=1S/C13H22N2O3/c1-9-4-5-11(18-9)10(6-14)15-7-12(16-2)13(8-15)17-3/h4-5,10,12-13H,6-8,14H2,1-3H3. The van der Waals surface area contributed by atoms with Crippen LogP contribution in [0.15, 0.2) is 16.5 Å². The Labute approximate surface area is 108 Å². The fourth-order valence-corrected chi connectivity index (χ4v) is 2.56. The number of hydrogen-bond acceptors (Lipinski definition) is 5. The summed E-state index contributed by atoms with van der Waals surface area (Å²) >= 11 is 0. The highest BCUT2D eigenvalue weighted by Crippen LogP contribution is 2.27. The number of furan rings is 1. The predicted octanol–water partition coefficient (Wildman–Crippen LogP) is 0.933. The molecule has 2 N–H and O–H groups in total. The van der Waals surface area contributed by atoms with Crippen molar-refractivity contribution in [2.75, 3.05) is 33.9 Å². The number of methoxy groups -OCH3 is 2. The van der Waals surface area contributed by atoms with Crippen LogP contribution in [0.5, 0.6) is 0 Å².